The number of carbonyl (C=O) groups is 2. The summed E-state index contributed by atoms with van der Waals surface area (Å²) in [7, 11) is 1.60. The Bertz CT molecular complexity index is 723. The van der Waals surface area contributed by atoms with Crippen LogP contribution in [-0.4, -0.2) is 25.0 Å². The van der Waals surface area contributed by atoms with E-state index in [0.717, 1.165) is 19.3 Å². The summed E-state index contributed by atoms with van der Waals surface area (Å²) in [6, 6.07) is 6.76. The molecule has 1 aromatic rings. The fourth-order valence-electron chi connectivity index (χ4n) is 6.14. The monoisotopic (exact) mass is 384 g/mol. The number of carbonyl (C=O) groups excluding carboxylic acids is 2. The third-order valence-corrected chi connectivity index (χ3v) is 7.09. The van der Waals surface area contributed by atoms with Gasteiger partial charge in [0.1, 0.15) is 11.8 Å². The van der Waals surface area contributed by atoms with E-state index in [1.165, 1.54) is 19.3 Å². The van der Waals surface area contributed by atoms with Gasteiger partial charge in [-0.1, -0.05) is 19.9 Å². The van der Waals surface area contributed by atoms with Gasteiger partial charge in [0.05, 0.1) is 7.11 Å². The molecule has 28 heavy (non-hydrogen) atoms. The third-order valence-electron chi connectivity index (χ3n) is 7.09. The van der Waals surface area contributed by atoms with Crippen molar-refractivity contribution in [3.63, 3.8) is 0 Å². The van der Waals surface area contributed by atoms with Gasteiger partial charge < -0.3 is 15.4 Å². The van der Waals surface area contributed by atoms with Crippen molar-refractivity contribution in [3.8, 4) is 5.75 Å². The van der Waals surface area contributed by atoms with Crippen LogP contribution in [0.25, 0.3) is 0 Å². The fraction of sp³-hybridized carbons (Fsp3) is 0.652. The van der Waals surface area contributed by atoms with E-state index < -0.39 is 6.04 Å². The number of rotatable bonds is 6. The van der Waals surface area contributed by atoms with E-state index in [9.17, 15) is 9.59 Å². The van der Waals surface area contributed by atoms with Crippen LogP contribution in [0.15, 0.2) is 24.3 Å². The molecule has 0 aliphatic heterocycles. The van der Waals surface area contributed by atoms with Gasteiger partial charge in [-0.15, -0.1) is 0 Å². The fourth-order valence-corrected chi connectivity index (χ4v) is 6.14. The van der Waals surface area contributed by atoms with Crippen LogP contribution in [0, 0.1) is 29.1 Å². The predicted octanol–water partition coefficient (Wildman–Crippen LogP) is 3.99. The molecular weight excluding hydrogens is 352 g/mol. The van der Waals surface area contributed by atoms with Crippen LogP contribution in [0.5, 0.6) is 5.75 Å². The number of anilines is 1. The summed E-state index contributed by atoms with van der Waals surface area (Å²) < 4.78 is 5.23. The van der Waals surface area contributed by atoms with Crippen molar-refractivity contribution >= 4 is 17.5 Å². The highest BCUT2D eigenvalue weighted by Gasteiger charge is 2.55. The molecule has 1 unspecified atom stereocenters. The van der Waals surface area contributed by atoms with Gasteiger partial charge in [0.2, 0.25) is 11.8 Å². The molecule has 0 saturated heterocycles. The summed E-state index contributed by atoms with van der Waals surface area (Å²) in [5, 5.41) is 6.08. The van der Waals surface area contributed by atoms with E-state index in [4.69, 9.17) is 4.74 Å². The second kappa shape index (κ2) is 7.41. The van der Waals surface area contributed by atoms with Crippen molar-refractivity contribution in [2.24, 2.45) is 29.1 Å². The topological polar surface area (TPSA) is 67.4 Å². The maximum atomic E-state index is 13.4. The van der Waals surface area contributed by atoms with Crippen LogP contribution in [0.1, 0.15) is 52.4 Å². The minimum Gasteiger partial charge on any atom is -0.497 e. The van der Waals surface area contributed by atoms with Crippen molar-refractivity contribution < 1.29 is 14.3 Å². The Balaban J connectivity index is 1.46. The molecular formula is C23H32N2O3. The number of hydrogen-bond donors (Lipinski definition) is 2. The average Bonchev–Trinajstić information content (AvgIpc) is 2.64. The molecule has 2 amide bonds. The third kappa shape index (κ3) is 3.63. The zero-order valence-electron chi connectivity index (χ0n) is 17.2. The SMILES string of the molecule is COc1cccc(NC(=O)C(NC(=O)C23CC4CC(CC(C4)C2)C3)C(C)C)c1. The quantitative estimate of drug-likeness (QED) is 0.779. The molecule has 4 fully saturated rings. The van der Waals surface area contributed by atoms with Crippen LogP contribution in [0.4, 0.5) is 5.69 Å². The predicted molar refractivity (Wildman–Crippen MR) is 109 cm³/mol. The molecule has 4 saturated carbocycles. The molecule has 0 radical (unpaired) electrons. The largest absolute Gasteiger partial charge is 0.497 e. The Morgan fingerprint density at radius 2 is 1.68 bits per heavy atom. The highest BCUT2D eigenvalue weighted by Crippen LogP contribution is 2.60. The Hall–Kier alpha value is -2.04. The summed E-state index contributed by atoms with van der Waals surface area (Å²) in [6.45, 7) is 3.96. The van der Waals surface area contributed by atoms with Gasteiger partial charge in [0.15, 0.2) is 0 Å². The molecule has 4 aliphatic carbocycles. The first-order valence-electron chi connectivity index (χ1n) is 10.6. The van der Waals surface area contributed by atoms with Crippen molar-refractivity contribution in [3.05, 3.63) is 24.3 Å². The lowest BCUT2D eigenvalue weighted by Gasteiger charge is -2.55. The number of ether oxygens (including phenoxy) is 1. The summed E-state index contributed by atoms with van der Waals surface area (Å²) >= 11 is 0. The smallest absolute Gasteiger partial charge is 0.247 e. The number of nitrogens with one attached hydrogen (secondary N) is 2. The molecule has 1 atom stereocenters. The molecule has 4 bridgehead atoms. The van der Waals surface area contributed by atoms with E-state index in [-0.39, 0.29) is 23.1 Å². The first-order chi connectivity index (χ1) is 13.4. The second-order valence-corrected chi connectivity index (χ2v) is 9.61. The van der Waals surface area contributed by atoms with Crippen LogP contribution >= 0.6 is 0 Å². The molecule has 5 nitrogen and oxygen atoms in total. The molecule has 2 N–H and O–H groups in total. The zero-order valence-corrected chi connectivity index (χ0v) is 17.2. The van der Waals surface area contributed by atoms with E-state index >= 15 is 0 Å². The summed E-state index contributed by atoms with van der Waals surface area (Å²) in [5.41, 5.74) is 0.442. The van der Waals surface area contributed by atoms with Gasteiger partial charge in [-0.25, -0.2) is 0 Å². The van der Waals surface area contributed by atoms with Gasteiger partial charge in [-0.2, -0.15) is 0 Å². The van der Waals surface area contributed by atoms with Gasteiger partial charge in [0.25, 0.3) is 0 Å². The highest BCUT2D eigenvalue weighted by molar-refractivity contribution is 5.98. The van der Waals surface area contributed by atoms with E-state index in [0.29, 0.717) is 29.2 Å². The lowest BCUT2D eigenvalue weighted by molar-refractivity contribution is -0.148. The van der Waals surface area contributed by atoms with Gasteiger partial charge in [-0.3, -0.25) is 9.59 Å². The van der Waals surface area contributed by atoms with E-state index in [2.05, 4.69) is 10.6 Å². The van der Waals surface area contributed by atoms with Crippen molar-refractivity contribution in [2.45, 2.75) is 58.4 Å². The first-order valence-corrected chi connectivity index (χ1v) is 10.6. The van der Waals surface area contributed by atoms with Gasteiger partial charge >= 0.3 is 0 Å². The molecule has 1 aromatic carbocycles. The maximum absolute atomic E-state index is 13.4. The molecule has 0 aromatic heterocycles. The molecule has 152 valence electrons. The standard InChI is InChI=1S/C23H32N2O3/c1-14(2)20(21(26)24-18-5-4-6-19(10-18)28-3)25-22(27)23-11-15-7-16(12-23)9-17(8-15)13-23/h4-6,10,14-17,20H,7-9,11-13H2,1-3H3,(H,24,26)(H,25,27). The zero-order chi connectivity index (χ0) is 19.9. The minimum absolute atomic E-state index is 0.0171. The van der Waals surface area contributed by atoms with Crippen LogP contribution in [-0.2, 0) is 9.59 Å². The summed E-state index contributed by atoms with van der Waals surface area (Å²) in [6.07, 6.45) is 6.93. The first kappa shape index (κ1) is 19.3. The summed E-state index contributed by atoms with van der Waals surface area (Å²) in [4.78, 5) is 26.3. The Kier molecular flexibility index (Phi) is 5.11. The van der Waals surface area contributed by atoms with Crippen LogP contribution in [0.2, 0.25) is 0 Å². The highest BCUT2D eigenvalue weighted by atomic mass is 16.5. The molecule has 5 heteroatoms. The van der Waals surface area contributed by atoms with Crippen LogP contribution in [0.3, 0.4) is 0 Å². The lowest BCUT2D eigenvalue weighted by atomic mass is 9.49. The minimum atomic E-state index is -0.535. The molecule has 4 aliphatic rings. The Labute approximate surface area is 167 Å². The van der Waals surface area contributed by atoms with Crippen LogP contribution < -0.4 is 15.4 Å². The number of hydrogen-bond acceptors (Lipinski definition) is 3. The number of benzene rings is 1. The Morgan fingerprint density at radius 3 is 2.21 bits per heavy atom. The average molecular weight is 385 g/mol. The van der Waals surface area contributed by atoms with Crippen molar-refractivity contribution in [1.82, 2.24) is 5.32 Å². The summed E-state index contributed by atoms with van der Waals surface area (Å²) in [5.74, 6) is 2.77. The van der Waals surface area contributed by atoms with Crippen molar-refractivity contribution in [2.75, 3.05) is 12.4 Å². The Morgan fingerprint density at radius 1 is 1.07 bits per heavy atom. The number of amides is 2. The maximum Gasteiger partial charge on any atom is 0.247 e. The molecule has 0 heterocycles. The van der Waals surface area contributed by atoms with Gasteiger partial charge in [0, 0.05) is 17.2 Å². The second-order valence-electron chi connectivity index (χ2n) is 9.61. The van der Waals surface area contributed by atoms with E-state index in [1.54, 1.807) is 13.2 Å². The normalized spacial score (nSPS) is 31.5. The number of methoxy groups -OCH3 is 1. The molecule has 5 rings (SSSR count). The lowest BCUT2D eigenvalue weighted by Crippen LogP contribution is -2.57. The molecule has 0 spiro atoms. The van der Waals surface area contributed by atoms with E-state index in [1.807, 2.05) is 32.0 Å². The van der Waals surface area contributed by atoms with Crippen molar-refractivity contribution in [1.29, 1.82) is 0 Å². The van der Waals surface area contributed by atoms with Gasteiger partial charge in [-0.05, 0) is 74.3 Å².